The number of ether oxygens (including phenoxy) is 1. The second-order valence-corrected chi connectivity index (χ2v) is 8.94. The maximum Gasteiger partial charge on any atom is 0.338 e. The van der Waals surface area contributed by atoms with Crippen molar-refractivity contribution in [2.75, 3.05) is 10.0 Å². The molecule has 0 aliphatic carbocycles. The molecule has 0 aromatic heterocycles. The highest BCUT2D eigenvalue weighted by molar-refractivity contribution is 7.92. The van der Waals surface area contributed by atoms with E-state index in [9.17, 15) is 31.2 Å². The molecule has 0 aliphatic rings. The number of hydrogen-bond donors (Lipinski definition) is 2. The molecule has 0 bridgehead atoms. The first-order valence-corrected chi connectivity index (χ1v) is 11.3. The number of carbonyl (C=O) groups is 2. The lowest BCUT2D eigenvalue weighted by Crippen LogP contribution is -2.30. The highest BCUT2D eigenvalue weighted by Crippen LogP contribution is 2.21. The van der Waals surface area contributed by atoms with Crippen molar-refractivity contribution >= 4 is 33.3 Å². The Labute approximate surface area is 193 Å². The number of sulfonamides is 1. The van der Waals surface area contributed by atoms with Crippen LogP contribution in [0.1, 0.15) is 22.8 Å². The van der Waals surface area contributed by atoms with Crippen LogP contribution in [0.3, 0.4) is 0 Å². The van der Waals surface area contributed by atoms with Gasteiger partial charge in [0, 0.05) is 5.69 Å². The topological polar surface area (TPSA) is 102 Å². The van der Waals surface area contributed by atoms with Crippen molar-refractivity contribution in [3.05, 3.63) is 89.2 Å². The summed E-state index contributed by atoms with van der Waals surface area (Å²) in [6.45, 7) is 3.02. The van der Waals surface area contributed by atoms with E-state index < -0.39 is 51.1 Å². The van der Waals surface area contributed by atoms with Crippen molar-refractivity contribution < 1.29 is 35.9 Å². The molecule has 1 amide bonds. The normalized spacial score (nSPS) is 12.0. The minimum atomic E-state index is -4.02. The number of benzene rings is 3. The zero-order valence-electron chi connectivity index (χ0n) is 17.9. The molecule has 0 heterocycles. The van der Waals surface area contributed by atoms with Crippen LogP contribution in [0.2, 0.25) is 0 Å². The zero-order valence-corrected chi connectivity index (χ0v) is 18.8. The maximum atomic E-state index is 13.7. The Bertz CT molecular complexity index is 1350. The lowest BCUT2D eigenvalue weighted by Gasteiger charge is -2.15. The second-order valence-electron chi connectivity index (χ2n) is 7.26. The first-order valence-electron chi connectivity index (χ1n) is 9.83. The summed E-state index contributed by atoms with van der Waals surface area (Å²) in [6, 6.07) is 13.0. The minimum Gasteiger partial charge on any atom is -0.449 e. The van der Waals surface area contributed by atoms with E-state index in [1.165, 1.54) is 25.1 Å². The standard InChI is InChI=1S/C23H19F3N2O5S/c1-13-6-8-16(9-7-13)28-34(31,32)17-5-3-4-15(12-17)23(30)33-14(2)22(29)27-19-11-10-18(24)20(25)21(19)26/h3-12,14,28H,1-2H3,(H,27,29). The van der Waals surface area contributed by atoms with Crippen molar-refractivity contribution in [3.63, 3.8) is 0 Å². The molecule has 1 atom stereocenters. The van der Waals surface area contributed by atoms with Crippen LogP contribution in [-0.2, 0) is 19.6 Å². The Morgan fingerprint density at radius 2 is 1.62 bits per heavy atom. The van der Waals surface area contributed by atoms with E-state index in [1.54, 1.807) is 24.3 Å². The van der Waals surface area contributed by atoms with Gasteiger partial charge in [0.15, 0.2) is 23.6 Å². The molecule has 2 N–H and O–H groups in total. The van der Waals surface area contributed by atoms with Crippen LogP contribution in [0.15, 0.2) is 65.6 Å². The van der Waals surface area contributed by atoms with Gasteiger partial charge in [0.1, 0.15) is 0 Å². The average Bonchev–Trinajstić information content (AvgIpc) is 2.80. The zero-order chi connectivity index (χ0) is 25.0. The second kappa shape index (κ2) is 9.96. The van der Waals surface area contributed by atoms with Gasteiger partial charge in [0.05, 0.1) is 16.1 Å². The molecule has 7 nitrogen and oxygen atoms in total. The fourth-order valence-corrected chi connectivity index (χ4v) is 3.87. The highest BCUT2D eigenvalue weighted by Gasteiger charge is 2.23. The van der Waals surface area contributed by atoms with Crippen LogP contribution in [0.4, 0.5) is 24.5 Å². The molecular formula is C23H19F3N2O5S. The fourth-order valence-electron chi connectivity index (χ4n) is 2.76. The summed E-state index contributed by atoms with van der Waals surface area (Å²) in [5.41, 5.74) is 0.471. The van der Waals surface area contributed by atoms with Crippen LogP contribution in [0.25, 0.3) is 0 Å². The Morgan fingerprint density at radius 1 is 0.941 bits per heavy atom. The maximum absolute atomic E-state index is 13.7. The van der Waals surface area contributed by atoms with Gasteiger partial charge >= 0.3 is 5.97 Å². The number of aryl methyl sites for hydroxylation is 1. The molecule has 0 saturated heterocycles. The molecule has 0 saturated carbocycles. The first-order chi connectivity index (χ1) is 16.0. The van der Waals surface area contributed by atoms with Gasteiger partial charge in [-0.25, -0.2) is 26.4 Å². The van der Waals surface area contributed by atoms with Crippen molar-refractivity contribution in [1.29, 1.82) is 0 Å². The number of esters is 1. The van der Waals surface area contributed by atoms with Gasteiger partial charge in [0.2, 0.25) is 0 Å². The van der Waals surface area contributed by atoms with E-state index in [1.807, 2.05) is 12.2 Å². The number of halogens is 3. The molecule has 0 aliphatic heterocycles. The van der Waals surface area contributed by atoms with E-state index in [-0.39, 0.29) is 10.5 Å². The van der Waals surface area contributed by atoms with Gasteiger partial charge < -0.3 is 10.1 Å². The lowest BCUT2D eigenvalue weighted by atomic mass is 10.2. The van der Waals surface area contributed by atoms with Gasteiger partial charge in [-0.2, -0.15) is 0 Å². The summed E-state index contributed by atoms with van der Waals surface area (Å²) in [6.07, 6.45) is -1.47. The van der Waals surface area contributed by atoms with Crippen molar-refractivity contribution in [1.82, 2.24) is 0 Å². The number of hydrogen-bond acceptors (Lipinski definition) is 5. The van der Waals surface area contributed by atoms with Gasteiger partial charge in [-0.3, -0.25) is 9.52 Å². The van der Waals surface area contributed by atoms with Crippen molar-refractivity contribution in [3.8, 4) is 0 Å². The van der Waals surface area contributed by atoms with Crippen LogP contribution >= 0.6 is 0 Å². The quantitative estimate of drug-likeness (QED) is 0.376. The minimum absolute atomic E-state index is 0.162. The van der Waals surface area contributed by atoms with Crippen LogP contribution in [-0.4, -0.2) is 26.4 Å². The predicted molar refractivity (Wildman–Crippen MR) is 118 cm³/mol. The van der Waals surface area contributed by atoms with E-state index in [4.69, 9.17) is 4.74 Å². The van der Waals surface area contributed by atoms with E-state index in [2.05, 4.69) is 4.72 Å². The van der Waals surface area contributed by atoms with Crippen molar-refractivity contribution in [2.24, 2.45) is 0 Å². The summed E-state index contributed by atoms with van der Waals surface area (Å²) in [7, 11) is -4.02. The molecule has 1 unspecified atom stereocenters. The van der Waals surface area contributed by atoms with Gasteiger partial charge in [0.25, 0.3) is 15.9 Å². The largest absolute Gasteiger partial charge is 0.449 e. The number of rotatable bonds is 7. The molecule has 0 fully saturated rings. The molecule has 0 radical (unpaired) electrons. The summed E-state index contributed by atoms with van der Waals surface area (Å²) in [5, 5.41) is 2.00. The summed E-state index contributed by atoms with van der Waals surface area (Å²) in [5.74, 6) is -6.84. The highest BCUT2D eigenvalue weighted by atomic mass is 32.2. The third kappa shape index (κ3) is 5.73. The molecule has 11 heteroatoms. The monoisotopic (exact) mass is 492 g/mol. The smallest absolute Gasteiger partial charge is 0.338 e. The third-order valence-electron chi connectivity index (χ3n) is 4.63. The Balaban J connectivity index is 1.70. The SMILES string of the molecule is Cc1ccc(NS(=O)(=O)c2cccc(C(=O)OC(C)C(=O)Nc3ccc(F)c(F)c3F)c2)cc1. The van der Waals surface area contributed by atoms with Crippen LogP contribution in [0, 0.1) is 24.4 Å². The third-order valence-corrected chi connectivity index (χ3v) is 6.01. The number of amides is 1. The van der Waals surface area contributed by atoms with E-state index in [0.717, 1.165) is 17.7 Å². The van der Waals surface area contributed by atoms with Crippen LogP contribution in [0.5, 0.6) is 0 Å². The first kappa shape index (κ1) is 24.8. The van der Waals surface area contributed by atoms with Gasteiger partial charge in [-0.15, -0.1) is 0 Å². The molecule has 178 valence electrons. The molecular weight excluding hydrogens is 473 g/mol. The number of anilines is 2. The molecule has 3 aromatic rings. The summed E-state index contributed by atoms with van der Waals surface area (Å²) < 4.78 is 72.8. The van der Waals surface area contributed by atoms with Gasteiger partial charge in [-0.1, -0.05) is 23.8 Å². The lowest BCUT2D eigenvalue weighted by molar-refractivity contribution is -0.123. The van der Waals surface area contributed by atoms with Gasteiger partial charge in [-0.05, 0) is 56.3 Å². The summed E-state index contributed by atoms with van der Waals surface area (Å²) in [4.78, 5) is 24.4. The van der Waals surface area contributed by atoms with Crippen LogP contribution < -0.4 is 10.0 Å². The fraction of sp³-hybridized carbons (Fsp3) is 0.130. The Kier molecular flexibility index (Phi) is 7.26. The molecule has 3 rings (SSSR count). The predicted octanol–water partition coefficient (Wildman–Crippen LogP) is 4.40. The molecule has 3 aromatic carbocycles. The van der Waals surface area contributed by atoms with E-state index >= 15 is 0 Å². The average molecular weight is 492 g/mol. The molecule has 0 spiro atoms. The summed E-state index contributed by atoms with van der Waals surface area (Å²) >= 11 is 0. The Morgan fingerprint density at radius 3 is 2.29 bits per heavy atom. The Hall–Kier alpha value is -3.86. The van der Waals surface area contributed by atoms with E-state index in [0.29, 0.717) is 11.8 Å². The number of carbonyl (C=O) groups excluding carboxylic acids is 2. The molecule has 34 heavy (non-hydrogen) atoms. The number of nitrogens with one attached hydrogen (secondary N) is 2. The van der Waals surface area contributed by atoms with Crippen molar-refractivity contribution in [2.45, 2.75) is 24.8 Å².